The summed E-state index contributed by atoms with van der Waals surface area (Å²) in [7, 11) is 0. The topological polar surface area (TPSA) is 538 Å². The van der Waals surface area contributed by atoms with E-state index in [1.807, 2.05) is 0 Å². The quantitative estimate of drug-likeness (QED) is 0.0213. The predicted octanol–water partition coefficient (Wildman–Crippen LogP) is -0.771. The van der Waals surface area contributed by atoms with Crippen molar-refractivity contribution >= 4 is 76.9 Å². The number of rotatable bonds is 45. The summed E-state index contributed by atoms with van der Waals surface area (Å²) >= 11 is 0. The number of carboxylic acids is 2. The third-order valence-electron chi connectivity index (χ3n) is 16.8. The van der Waals surface area contributed by atoms with Crippen LogP contribution in [-0.2, 0) is 94.4 Å². The van der Waals surface area contributed by atoms with Crippen LogP contribution < -0.4 is 70.4 Å². The zero-order valence-corrected chi connectivity index (χ0v) is 59.2. The zero-order chi connectivity index (χ0) is 76.6. The Labute approximate surface area is 602 Å². The van der Waals surface area contributed by atoms with E-state index in [4.69, 9.17) is 17.2 Å². The van der Waals surface area contributed by atoms with Crippen molar-refractivity contribution in [3.63, 3.8) is 0 Å². The molecule has 21 N–H and O–H groups in total. The highest BCUT2D eigenvalue weighted by Crippen LogP contribution is 2.16. The van der Waals surface area contributed by atoms with E-state index in [-0.39, 0.29) is 69.6 Å². The first-order valence-corrected chi connectivity index (χ1v) is 34.4. The Morgan fingerprint density at radius 3 is 1.22 bits per heavy atom. The second-order valence-corrected chi connectivity index (χ2v) is 26.6. The van der Waals surface area contributed by atoms with Gasteiger partial charge in [0.25, 0.3) is 0 Å². The van der Waals surface area contributed by atoms with Crippen molar-refractivity contribution in [1.29, 1.82) is 0 Å². The Morgan fingerprint density at radius 1 is 0.423 bits per heavy atom. The molecule has 0 unspecified atom stereocenters. The third-order valence-corrected chi connectivity index (χ3v) is 16.8. The minimum absolute atomic E-state index is 0.00518. The number of nitrogens with two attached hydrogens (primary N) is 3. The number of benzene rings is 3. The number of aromatic amines is 2. The molecule has 11 amide bonds. The normalized spacial score (nSPS) is 14.4. The molecule has 0 bridgehead atoms. The largest absolute Gasteiger partial charge is 0.508 e. The molecule has 33 nitrogen and oxygen atoms in total. The molecule has 11 atom stereocenters. The van der Waals surface area contributed by atoms with Crippen molar-refractivity contribution in [1.82, 2.24) is 73.1 Å². The number of carbonyl (C=O) groups is 13. The lowest BCUT2D eigenvalue weighted by Crippen LogP contribution is -2.62. The van der Waals surface area contributed by atoms with Crippen LogP contribution in [0.3, 0.4) is 0 Å². The first-order valence-electron chi connectivity index (χ1n) is 34.4. The molecule has 104 heavy (non-hydrogen) atoms. The number of nitrogens with one attached hydrogen (secondary N) is 12. The van der Waals surface area contributed by atoms with Gasteiger partial charge in [0.15, 0.2) is 0 Å². The van der Waals surface area contributed by atoms with Gasteiger partial charge in [-0.15, -0.1) is 0 Å². The number of unbranched alkanes of at least 4 members (excludes halogenated alkanes) is 1. The number of imidazole rings is 2. The highest BCUT2D eigenvalue weighted by molar-refractivity contribution is 5.99. The first-order chi connectivity index (χ1) is 49.4. The lowest BCUT2D eigenvalue weighted by atomic mass is 9.98. The molecule has 0 spiro atoms. The number of phenols is 1. The lowest BCUT2D eigenvalue weighted by molar-refractivity contribution is -0.142. The number of aliphatic carboxylic acids is 2. The van der Waals surface area contributed by atoms with E-state index in [1.165, 1.54) is 37.2 Å². The van der Waals surface area contributed by atoms with E-state index >= 15 is 0 Å². The number of H-pyrrole nitrogens is 2. The number of nitrogens with zero attached hydrogens (tertiary/aromatic N) is 2. The molecule has 5 rings (SSSR count). The molecule has 3 aromatic carbocycles. The van der Waals surface area contributed by atoms with Crippen molar-refractivity contribution in [2.75, 3.05) is 6.54 Å². The van der Waals surface area contributed by atoms with Crippen molar-refractivity contribution in [2.24, 2.45) is 35.0 Å². The summed E-state index contributed by atoms with van der Waals surface area (Å²) in [4.78, 5) is 194. The van der Waals surface area contributed by atoms with E-state index in [2.05, 4.69) is 73.1 Å². The summed E-state index contributed by atoms with van der Waals surface area (Å²) in [5.41, 5.74) is 20.1. The average molecular weight is 1450 g/mol. The Hall–Kier alpha value is -11.1. The van der Waals surface area contributed by atoms with Gasteiger partial charge in [-0.05, 0) is 98.1 Å². The highest BCUT2D eigenvalue weighted by Gasteiger charge is 2.38. The summed E-state index contributed by atoms with van der Waals surface area (Å²) in [6.07, 6.45) is 3.19. The summed E-state index contributed by atoms with van der Waals surface area (Å²) in [5, 5.41) is 55.7. The van der Waals surface area contributed by atoms with Gasteiger partial charge < -0.3 is 95.7 Å². The van der Waals surface area contributed by atoms with E-state index in [1.54, 1.807) is 114 Å². The van der Waals surface area contributed by atoms with E-state index in [0.717, 1.165) is 0 Å². The molecule has 5 aromatic rings. The maximum Gasteiger partial charge on any atom is 0.326 e. The minimum atomic E-state index is -1.65. The van der Waals surface area contributed by atoms with Crippen LogP contribution in [0.5, 0.6) is 5.75 Å². The van der Waals surface area contributed by atoms with Crippen molar-refractivity contribution in [2.45, 2.75) is 191 Å². The third kappa shape index (κ3) is 28.7. The van der Waals surface area contributed by atoms with Crippen molar-refractivity contribution < 1.29 is 77.6 Å². The van der Waals surface area contributed by atoms with Gasteiger partial charge >= 0.3 is 11.9 Å². The second-order valence-electron chi connectivity index (χ2n) is 26.6. The molecule has 0 radical (unpaired) electrons. The first kappa shape index (κ1) is 83.6. The van der Waals surface area contributed by atoms with Gasteiger partial charge in [-0.2, -0.15) is 0 Å². The van der Waals surface area contributed by atoms with Gasteiger partial charge in [0.1, 0.15) is 66.2 Å². The Morgan fingerprint density at radius 2 is 0.798 bits per heavy atom. The molecule has 0 aliphatic rings. The number of hydrogen-bond donors (Lipinski definition) is 18. The molecule has 0 fully saturated rings. The van der Waals surface area contributed by atoms with Crippen molar-refractivity contribution in [3.05, 3.63) is 138 Å². The second kappa shape index (κ2) is 42.4. The van der Waals surface area contributed by atoms with Crippen LogP contribution in [0.2, 0.25) is 0 Å². The number of amides is 11. The Bertz CT molecular complexity index is 3640. The molecular weight excluding hydrogens is 1350 g/mol. The van der Waals surface area contributed by atoms with Gasteiger partial charge in [0, 0.05) is 62.3 Å². The van der Waals surface area contributed by atoms with Crippen molar-refractivity contribution in [3.8, 4) is 5.75 Å². The van der Waals surface area contributed by atoms with E-state index < -0.39 is 181 Å². The number of carboxylic acid groups (broad SMARTS) is 2. The molecule has 0 aliphatic carbocycles. The van der Waals surface area contributed by atoms with Crippen LogP contribution in [-0.4, -0.2) is 185 Å². The van der Waals surface area contributed by atoms with Crippen LogP contribution >= 0.6 is 0 Å². The Balaban J connectivity index is 1.37. The van der Waals surface area contributed by atoms with Crippen LogP contribution in [0.4, 0.5) is 0 Å². The fourth-order valence-electron chi connectivity index (χ4n) is 11.0. The number of hydrogen-bond acceptors (Lipinski definition) is 18. The molecule has 564 valence electrons. The predicted molar refractivity (Wildman–Crippen MR) is 379 cm³/mol. The molecule has 0 saturated carbocycles. The zero-order valence-electron chi connectivity index (χ0n) is 59.2. The molecule has 0 saturated heterocycles. The SMILES string of the molecule is CC(C)C[C@H](NC(=O)[C@@H](CCCCN)NC(=O)[C@H](CCC(N)=O)NC(=O)[C@@H](Cc1cnc[nH]1)NC(=O)[C@@H](Cc1cnc[nH]1)NC(=O)[C@H](NC(=O)[C@@H](CCC(=O)O)NC(=O)[C@H](N)Cc1ccc(O)cc1)C(C)C)C(=O)N[C@@H](C(=O)N[C@@H](Cc1ccccc1)C(=O)N[C@@H](Cc1ccccc1)C(=O)O)C(C)C. The molecule has 2 aromatic heterocycles. The highest BCUT2D eigenvalue weighted by atomic mass is 16.4. The minimum Gasteiger partial charge on any atom is -0.508 e. The standard InChI is InChI=1S/C71H99N17O16/c1-39(2)29-52(68(100)88-60(41(5)6)69(101)84-53(31-42-15-9-7-10-16-42)65(97)86-56(71(103)104)32-43-17-11-8-12-18-43)82-62(94)49(19-13-14-28-72)80-63(95)50(24-26-57(74)90)81-66(98)54(33-45-35-75-37-77-45)83-67(99)55(34-46-36-76-38-78-46)85-70(102)59(40(3)4)87-64(96)51(25-27-58(91)92)79-61(93)48(73)30-44-20-22-47(89)23-21-44/h7-12,15-18,20-23,35-41,48-56,59-60,89H,13-14,19,24-34,72-73H2,1-6H3,(H2,74,90)(H,75,77)(H,76,78)(H,79,93)(H,80,95)(H,81,98)(H,82,94)(H,83,99)(H,84,101)(H,85,102)(H,86,97)(H,87,96)(H,88,100)(H,91,92)(H,103,104)/t48-,49-,50+,51-,52+,53+,54-,55-,56+,59-,60-/m1/s1. The summed E-state index contributed by atoms with van der Waals surface area (Å²) in [6.45, 7) is 10.2. The Kier molecular flexibility index (Phi) is 34.0. The van der Waals surface area contributed by atoms with Crippen LogP contribution in [0.1, 0.15) is 121 Å². The number of aromatic nitrogens is 4. The average Bonchev–Trinajstić information content (AvgIpc) is 0.957. The number of primary amides is 1. The number of aromatic hydroxyl groups is 1. The lowest BCUT2D eigenvalue weighted by Gasteiger charge is -2.29. The molecule has 33 heteroatoms. The fraction of sp³-hybridized carbons (Fsp3) is 0.479. The van der Waals surface area contributed by atoms with Crippen LogP contribution in [0, 0.1) is 17.8 Å². The summed E-state index contributed by atoms with van der Waals surface area (Å²) in [5.74, 6) is -14.1. The fourth-order valence-corrected chi connectivity index (χ4v) is 11.0. The van der Waals surface area contributed by atoms with Gasteiger partial charge in [0.05, 0.1) is 18.7 Å². The number of phenolic OH excluding ortho intramolecular Hbond substituents is 1. The van der Waals surface area contributed by atoms with Gasteiger partial charge in [0.2, 0.25) is 65.0 Å². The number of carbonyl (C=O) groups excluding carboxylic acids is 11. The summed E-state index contributed by atoms with van der Waals surface area (Å²) in [6, 6.07) is 7.35. The monoisotopic (exact) mass is 1450 g/mol. The van der Waals surface area contributed by atoms with Crippen LogP contribution in [0.15, 0.2) is 110 Å². The maximum atomic E-state index is 14.8. The van der Waals surface area contributed by atoms with E-state index in [0.29, 0.717) is 34.5 Å². The van der Waals surface area contributed by atoms with Crippen LogP contribution in [0.25, 0.3) is 0 Å². The van der Waals surface area contributed by atoms with Gasteiger partial charge in [-0.3, -0.25) is 57.5 Å². The van der Waals surface area contributed by atoms with E-state index in [9.17, 15) is 77.6 Å². The smallest absolute Gasteiger partial charge is 0.326 e. The summed E-state index contributed by atoms with van der Waals surface area (Å²) < 4.78 is 0. The van der Waals surface area contributed by atoms with Gasteiger partial charge in [-0.1, -0.05) is 114 Å². The maximum absolute atomic E-state index is 14.8. The molecule has 0 aliphatic heterocycles. The van der Waals surface area contributed by atoms with Gasteiger partial charge in [-0.25, -0.2) is 14.8 Å². The molecular formula is C71H99N17O16. The molecule has 2 heterocycles.